The van der Waals surface area contributed by atoms with Crippen LogP contribution in [-0.2, 0) is 4.74 Å². The van der Waals surface area contributed by atoms with Gasteiger partial charge in [-0.05, 0) is 65.6 Å². The van der Waals surface area contributed by atoms with E-state index in [1.54, 1.807) is 0 Å². The molecule has 2 rings (SSSR count). The molecule has 0 radical (unpaired) electrons. The molecule has 1 N–H and O–H groups in total. The van der Waals surface area contributed by atoms with E-state index in [-0.39, 0.29) is 11.2 Å². The predicted molar refractivity (Wildman–Crippen MR) is 89.7 cm³/mol. The van der Waals surface area contributed by atoms with E-state index < -0.39 is 0 Å². The molecule has 3 nitrogen and oxygen atoms in total. The van der Waals surface area contributed by atoms with Crippen molar-refractivity contribution in [3.8, 4) is 0 Å². The third-order valence-corrected chi connectivity index (χ3v) is 5.66. The second-order valence-electron chi connectivity index (χ2n) is 8.92. The Labute approximate surface area is 131 Å². The van der Waals surface area contributed by atoms with Crippen LogP contribution in [0.1, 0.15) is 61.3 Å². The highest BCUT2D eigenvalue weighted by molar-refractivity contribution is 5.06. The first-order valence-corrected chi connectivity index (χ1v) is 8.73. The van der Waals surface area contributed by atoms with Crippen LogP contribution in [0, 0.1) is 11.3 Å². The van der Waals surface area contributed by atoms with Crippen LogP contribution in [0.15, 0.2) is 0 Å². The second kappa shape index (κ2) is 5.82. The maximum absolute atomic E-state index is 6.41. The zero-order valence-electron chi connectivity index (χ0n) is 15.3. The number of piperidine rings is 1. The van der Waals surface area contributed by atoms with Crippen LogP contribution in [-0.4, -0.2) is 48.3 Å². The van der Waals surface area contributed by atoms with Crippen LogP contribution in [0.3, 0.4) is 0 Å². The molecule has 0 aliphatic carbocycles. The molecule has 124 valence electrons. The summed E-state index contributed by atoms with van der Waals surface area (Å²) in [6, 6.07) is 0.437. The largest absolute Gasteiger partial charge is 0.368 e. The van der Waals surface area contributed by atoms with Crippen molar-refractivity contribution < 1.29 is 4.74 Å². The van der Waals surface area contributed by atoms with Gasteiger partial charge in [0.2, 0.25) is 0 Å². The normalized spacial score (nSPS) is 35.0. The van der Waals surface area contributed by atoms with Gasteiger partial charge in [-0.1, -0.05) is 20.8 Å². The highest BCUT2D eigenvalue weighted by Crippen LogP contribution is 2.43. The first-order chi connectivity index (χ1) is 9.57. The van der Waals surface area contributed by atoms with E-state index in [0.717, 1.165) is 13.1 Å². The quantitative estimate of drug-likeness (QED) is 0.861. The summed E-state index contributed by atoms with van der Waals surface area (Å²) in [4.78, 5) is 2.66. The molecule has 0 bridgehead atoms. The maximum atomic E-state index is 6.41. The van der Waals surface area contributed by atoms with Crippen molar-refractivity contribution in [2.75, 3.05) is 26.2 Å². The van der Waals surface area contributed by atoms with Gasteiger partial charge in [-0.25, -0.2) is 0 Å². The highest BCUT2D eigenvalue weighted by Gasteiger charge is 2.53. The number of ether oxygens (including phenoxy) is 1. The molecule has 3 heteroatoms. The molecule has 0 spiro atoms. The summed E-state index contributed by atoms with van der Waals surface area (Å²) in [7, 11) is 0. The third-order valence-electron chi connectivity index (χ3n) is 5.66. The molecule has 2 atom stereocenters. The van der Waals surface area contributed by atoms with Gasteiger partial charge in [-0.3, -0.25) is 0 Å². The van der Waals surface area contributed by atoms with Gasteiger partial charge in [-0.2, -0.15) is 0 Å². The third kappa shape index (κ3) is 3.80. The lowest BCUT2D eigenvalue weighted by atomic mass is 9.79. The Bertz CT molecular complexity index is 352. The number of likely N-dealkylation sites (tertiary alicyclic amines) is 1. The Hall–Kier alpha value is -0.120. The Morgan fingerprint density at radius 3 is 2.10 bits per heavy atom. The van der Waals surface area contributed by atoms with Gasteiger partial charge in [-0.15, -0.1) is 0 Å². The fraction of sp³-hybridized carbons (Fsp3) is 1.00. The van der Waals surface area contributed by atoms with E-state index >= 15 is 0 Å². The number of hydrogen-bond acceptors (Lipinski definition) is 3. The van der Waals surface area contributed by atoms with Crippen molar-refractivity contribution >= 4 is 0 Å². The van der Waals surface area contributed by atoms with Crippen molar-refractivity contribution in [2.24, 2.45) is 11.3 Å². The minimum atomic E-state index is -0.0841. The van der Waals surface area contributed by atoms with Crippen molar-refractivity contribution in [1.29, 1.82) is 0 Å². The van der Waals surface area contributed by atoms with Gasteiger partial charge < -0.3 is 15.0 Å². The summed E-state index contributed by atoms with van der Waals surface area (Å²) in [6.07, 6.45) is 2.63. The Morgan fingerprint density at radius 1 is 1.00 bits per heavy atom. The van der Waals surface area contributed by atoms with Crippen molar-refractivity contribution in [3.05, 3.63) is 0 Å². The molecule has 2 aliphatic heterocycles. The predicted octanol–water partition coefficient (Wildman–Crippen LogP) is 3.29. The van der Waals surface area contributed by atoms with Crippen LogP contribution < -0.4 is 5.32 Å². The van der Waals surface area contributed by atoms with Gasteiger partial charge in [0.15, 0.2) is 0 Å². The lowest BCUT2D eigenvalue weighted by Gasteiger charge is -2.40. The molecule has 0 aromatic rings. The Balaban J connectivity index is 2.06. The van der Waals surface area contributed by atoms with Crippen molar-refractivity contribution in [2.45, 2.75) is 78.6 Å². The zero-order valence-corrected chi connectivity index (χ0v) is 15.3. The average molecular weight is 296 g/mol. The van der Waals surface area contributed by atoms with E-state index in [1.165, 1.54) is 25.9 Å². The van der Waals surface area contributed by atoms with Gasteiger partial charge >= 0.3 is 0 Å². The van der Waals surface area contributed by atoms with Crippen molar-refractivity contribution in [1.82, 2.24) is 10.2 Å². The Kier molecular flexibility index (Phi) is 4.78. The topological polar surface area (TPSA) is 24.5 Å². The number of nitrogens with zero attached hydrogens (tertiary/aromatic N) is 1. The van der Waals surface area contributed by atoms with E-state index in [0.29, 0.717) is 17.4 Å². The zero-order chi connectivity index (χ0) is 15.9. The fourth-order valence-electron chi connectivity index (χ4n) is 4.26. The molecule has 2 aliphatic rings. The number of nitrogens with one attached hydrogen (secondary N) is 1. The van der Waals surface area contributed by atoms with E-state index in [1.807, 2.05) is 0 Å². The molecule has 2 saturated heterocycles. The second-order valence-corrected chi connectivity index (χ2v) is 8.92. The average Bonchev–Trinajstić information content (AvgIpc) is 2.50. The van der Waals surface area contributed by atoms with Crippen LogP contribution in [0.4, 0.5) is 0 Å². The van der Waals surface area contributed by atoms with Crippen LogP contribution >= 0.6 is 0 Å². The molecule has 0 aromatic carbocycles. The summed E-state index contributed by atoms with van der Waals surface area (Å²) >= 11 is 0. The molecular weight excluding hydrogens is 260 g/mol. The van der Waals surface area contributed by atoms with Gasteiger partial charge in [0.1, 0.15) is 0 Å². The summed E-state index contributed by atoms with van der Waals surface area (Å²) in [5.41, 5.74) is 0.390. The van der Waals surface area contributed by atoms with Crippen LogP contribution in [0.2, 0.25) is 0 Å². The molecule has 2 fully saturated rings. The number of rotatable bonds is 4. The summed E-state index contributed by atoms with van der Waals surface area (Å²) in [5.74, 6) is 0.550. The summed E-state index contributed by atoms with van der Waals surface area (Å²) in [6.45, 7) is 20.6. The molecular formula is C18H36N2O. The standard InChI is InChI=1S/C18H36N2O/c1-8-19-15-14(17(4,5)21-18(15,6)7)13-20-11-9-16(2,3)10-12-20/h14-15,19H,8-13H2,1-7H3. The lowest BCUT2D eigenvalue weighted by Crippen LogP contribution is -2.52. The monoisotopic (exact) mass is 296 g/mol. The highest BCUT2D eigenvalue weighted by atomic mass is 16.5. The lowest BCUT2D eigenvalue weighted by molar-refractivity contribution is -0.0802. The van der Waals surface area contributed by atoms with Gasteiger partial charge in [0, 0.05) is 18.5 Å². The summed E-state index contributed by atoms with van der Waals surface area (Å²) < 4.78 is 6.41. The van der Waals surface area contributed by atoms with Gasteiger partial charge in [0.25, 0.3) is 0 Å². The van der Waals surface area contributed by atoms with E-state index in [4.69, 9.17) is 4.74 Å². The minimum Gasteiger partial charge on any atom is -0.368 e. The van der Waals surface area contributed by atoms with Crippen molar-refractivity contribution in [3.63, 3.8) is 0 Å². The molecule has 2 heterocycles. The van der Waals surface area contributed by atoms with Gasteiger partial charge in [0.05, 0.1) is 11.2 Å². The summed E-state index contributed by atoms with van der Waals surface area (Å²) in [5, 5.41) is 3.69. The van der Waals surface area contributed by atoms with Crippen LogP contribution in [0.5, 0.6) is 0 Å². The van der Waals surface area contributed by atoms with Crippen LogP contribution in [0.25, 0.3) is 0 Å². The van der Waals surface area contributed by atoms with E-state index in [9.17, 15) is 0 Å². The SMILES string of the molecule is CCNC1C(CN2CCC(C)(C)CC2)C(C)(C)OC1(C)C. The Morgan fingerprint density at radius 2 is 1.57 bits per heavy atom. The number of likely N-dealkylation sites (N-methyl/N-ethyl adjacent to an activating group) is 1. The maximum Gasteiger partial charge on any atom is 0.0790 e. The molecule has 0 saturated carbocycles. The first-order valence-electron chi connectivity index (χ1n) is 8.73. The van der Waals surface area contributed by atoms with E-state index in [2.05, 4.69) is 58.7 Å². The minimum absolute atomic E-state index is 0.0523. The smallest absolute Gasteiger partial charge is 0.0790 e. The molecule has 2 unspecified atom stereocenters. The number of hydrogen-bond donors (Lipinski definition) is 1. The molecule has 21 heavy (non-hydrogen) atoms. The molecule has 0 aromatic heterocycles. The molecule has 0 amide bonds. The fourth-order valence-corrected chi connectivity index (χ4v) is 4.26. The first kappa shape index (κ1) is 17.2.